The van der Waals surface area contributed by atoms with Gasteiger partial charge in [0.1, 0.15) is 12.7 Å². The van der Waals surface area contributed by atoms with E-state index >= 15 is 0 Å². The number of carbonyl (C=O) groups excluding carboxylic acids is 1. The number of esters is 1. The second-order valence-corrected chi connectivity index (χ2v) is 3.09. The highest BCUT2D eigenvalue weighted by Crippen LogP contribution is 2.10. The minimum Gasteiger partial charge on any atom is -0.463 e. The molecule has 1 aliphatic heterocycles. The molecule has 1 rings (SSSR count). The molecule has 3 nitrogen and oxygen atoms in total. The van der Waals surface area contributed by atoms with Crippen LogP contribution < -0.4 is 0 Å². The van der Waals surface area contributed by atoms with Crippen LogP contribution in [-0.4, -0.2) is 25.3 Å². The van der Waals surface area contributed by atoms with Gasteiger partial charge in [0.05, 0.1) is 6.42 Å². The predicted octanol–water partition coefficient (Wildman–Crippen LogP) is 1.51. The quantitative estimate of drug-likeness (QED) is 0.466. The summed E-state index contributed by atoms with van der Waals surface area (Å²) < 4.78 is 10.2. The molecule has 0 amide bonds. The van der Waals surface area contributed by atoms with Crippen molar-refractivity contribution in [1.82, 2.24) is 0 Å². The number of hydrogen-bond acceptors (Lipinski definition) is 3. The molecule has 12 heavy (non-hydrogen) atoms. The van der Waals surface area contributed by atoms with Crippen LogP contribution in [0.25, 0.3) is 0 Å². The van der Waals surface area contributed by atoms with E-state index in [9.17, 15) is 4.79 Å². The van der Waals surface area contributed by atoms with Crippen molar-refractivity contribution in [2.24, 2.45) is 0 Å². The Morgan fingerprint density at radius 2 is 2.42 bits per heavy atom. The summed E-state index contributed by atoms with van der Waals surface area (Å²) in [5.74, 6) is -0.129. The number of hydrogen-bond donors (Lipinski definition) is 0. The molecule has 0 spiro atoms. The zero-order valence-electron chi connectivity index (χ0n) is 7.54. The third-order valence-electron chi connectivity index (χ3n) is 1.93. The Hall–Kier alpha value is -0.570. The monoisotopic (exact) mass is 172 g/mol. The van der Waals surface area contributed by atoms with Gasteiger partial charge in [-0.15, -0.1) is 0 Å². The number of cyclic esters (lactones) is 1. The third kappa shape index (κ3) is 3.22. The molecule has 1 atom stereocenters. The fourth-order valence-corrected chi connectivity index (χ4v) is 1.20. The largest absolute Gasteiger partial charge is 0.463 e. The lowest BCUT2D eigenvalue weighted by Gasteiger charge is -2.07. The molecule has 3 heteroatoms. The SMILES string of the molecule is CCCCCO[C@H]1COC(=O)C1. The molecule has 1 aliphatic rings. The van der Waals surface area contributed by atoms with Gasteiger partial charge in [0.15, 0.2) is 0 Å². The zero-order valence-corrected chi connectivity index (χ0v) is 7.54. The summed E-state index contributed by atoms with van der Waals surface area (Å²) in [5.41, 5.74) is 0. The first-order chi connectivity index (χ1) is 5.83. The predicted molar refractivity (Wildman–Crippen MR) is 44.8 cm³/mol. The van der Waals surface area contributed by atoms with Crippen LogP contribution in [0.3, 0.4) is 0 Å². The molecule has 1 saturated heterocycles. The summed E-state index contributed by atoms with van der Waals surface area (Å²) in [4.78, 5) is 10.6. The second kappa shape index (κ2) is 5.14. The van der Waals surface area contributed by atoms with Gasteiger partial charge in [-0.25, -0.2) is 0 Å². The van der Waals surface area contributed by atoms with Crippen molar-refractivity contribution >= 4 is 5.97 Å². The highest BCUT2D eigenvalue weighted by atomic mass is 16.6. The molecular formula is C9H16O3. The summed E-state index contributed by atoms with van der Waals surface area (Å²) in [6.45, 7) is 3.36. The van der Waals surface area contributed by atoms with E-state index in [1.165, 1.54) is 12.8 Å². The Bertz CT molecular complexity index is 145. The van der Waals surface area contributed by atoms with Crippen LogP contribution in [-0.2, 0) is 14.3 Å². The zero-order chi connectivity index (χ0) is 8.81. The van der Waals surface area contributed by atoms with Crippen LogP contribution >= 0.6 is 0 Å². The number of ether oxygens (including phenoxy) is 2. The molecule has 70 valence electrons. The van der Waals surface area contributed by atoms with Crippen LogP contribution in [0.1, 0.15) is 32.6 Å². The van der Waals surface area contributed by atoms with Crippen LogP contribution in [0.4, 0.5) is 0 Å². The van der Waals surface area contributed by atoms with Gasteiger partial charge in [-0.1, -0.05) is 19.8 Å². The summed E-state index contributed by atoms with van der Waals surface area (Å²) in [6.07, 6.45) is 3.94. The van der Waals surface area contributed by atoms with E-state index in [-0.39, 0.29) is 12.1 Å². The topological polar surface area (TPSA) is 35.5 Å². The molecule has 0 bridgehead atoms. The van der Waals surface area contributed by atoms with Gasteiger partial charge in [-0.2, -0.15) is 0 Å². The Balaban J connectivity index is 1.97. The maximum atomic E-state index is 10.6. The lowest BCUT2D eigenvalue weighted by Crippen LogP contribution is -2.13. The highest BCUT2D eigenvalue weighted by molar-refractivity contribution is 5.71. The second-order valence-electron chi connectivity index (χ2n) is 3.09. The molecule has 0 aromatic carbocycles. The average molecular weight is 172 g/mol. The first kappa shape index (κ1) is 9.52. The smallest absolute Gasteiger partial charge is 0.308 e. The van der Waals surface area contributed by atoms with Crippen molar-refractivity contribution in [2.45, 2.75) is 38.7 Å². The third-order valence-corrected chi connectivity index (χ3v) is 1.93. The van der Waals surface area contributed by atoms with Crippen molar-refractivity contribution in [3.63, 3.8) is 0 Å². The molecule has 0 aliphatic carbocycles. The number of unbranched alkanes of at least 4 members (excludes halogenated alkanes) is 2. The first-order valence-corrected chi connectivity index (χ1v) is 4.60. The molecule has 1 fully saturated rings. The van der Waals surface area contributed by atoms with Gasteiger partial charge >= 0.3 is 5.97 Å². The molecule has 0 aromatic rings. The minimum atomic E-state index is -0.129. The van der Waals surface area contributed by atoms with Crippen LogP contribution in [0, 0.1) is 0 Å². The minimum absolute atomic E-state index is 0.0226. The van der Waals surface area contributed by atoms with E-state index in [0.717, 1.165) is 13.0 Å². The Labute approximate surface area is 73.0 Å². The van der Waals surface area contributed by atoms with Crippen LogP contribution in [0.15, 0.2) is 0 Å². The van der Waals surface area contributed by atoms with Gasteiger partial charge in [-0.05, 0) is 6.42 Å². The van der Waals surface area contributed by atoms with Crippen molar-refractivity contribution in [1.29, 1.82) is 0 Å². The number of rotatable bonds is 5. The Kier molecular flexibility index (Phi) is 4.08. The molecule has 0 unspecified atom stereocenters. The Morgan fingerprint density at radius 3 is 3.00 bits per heavy atom. The highest BCUT2D eigenvalue weighted by Gasteiger charge is 2.23. The standard InChI is InChI=1S/C9H16O3/c1-2-3-4-5-11-8-6-9(10)12-7-8/h8H,2-7H2,1H3/t8-/m1/s1. The van der Waals surface area contributed by atoms with E-state index in [1.807, 2.05) is 0 Å². The molecular weight excluding hydrogens is 156 g/mol. The first-order valence-electron chi connectivity index (χ1n) is 4.60. The van der Waals surface area contributed by atoms with Crippen LogP contribution in [0.5, 0.6) is 0 Å². The summed E-state index contributed by atoms with van der Waals surface area (Å²) in [5, 5.41) is 0. The maximum Gasteiger partial charge on any atom is 0.308 e. The van der Waals surface area contributed by atoms with Gasteiger partial charge in [0, 0.05) is 6.61 Å². The molecule has 0 N–H and O–H groups in total. The van der Waals surface area contributed by atoms with Crippen molar-refractivity contribution in [3.05, 3.63) is 0 Å². The lowest BCUT2D eigenvalue weighted by atomic mass is 10.2. The molecule has 1 heterocycles. The van der Waals surface area contributed by atoms with Crippen molar-refractivity contribution in [2.75, 3.05) is 13.2 Å². The molecule has 0 aromatic heterocycles. The van der Waals surface area contributed by atoms with E-state index in [4.69, 9.17) is 9.47 Å². The summed E-state index contributed by atoms with van der Waals surface area (Å²) >= 11 is 0. The van der Waals surface area contributed by atoms with E-state index < -0.39 is 0 Å². The van der Waals surface area contributed by atoms with E-state index in [0.29, 0.717) is 13.0 Å². The summed E-state index contributed by atoms with van der Waals surface area (Å²) in [6, 6.07) is 0. The average Bonchev–Trinajstić information content (AvgIpc) is 2.45. The fourth-order valence-electron chi connectivity index (χ4n) is 1.20. The summed E-state index contributed by atoms with van der Waals surface area (Å²) in [7, 11) is 0. The maximum absolute atomic E-state index is 10.6. The molecule has 0 saturated carbocycles. The lowest BCUT2D eigenvalue weighted by molar-refractivity contribution is -0.137. The van der Waals surface area contributed by atoms with Crippen LogP contribution in [0.2, 0.25) is 0 Å². The number of carbonyl (C=O) groups is 1. The van der Waals surface area contributed by atoms with E-state index in [1.54, 1.807) is 0 Å². The van der Waals surface area contributed by atoms with Crippen molar-refractivity contribution in [3.8, 4) is 0 Å². The van der Waals surface area contributed by atoms with Gasteiger partial charge in [-0.3, -0.25) is 4.79 Å². The molecule has 0 radical (unpaired) electrons. The van der Waals surface area contributed by atoms with Gasteiger partial charge in [0.25, 0.3) is 0 Å². The normalized spacial score (nSPS) is 22.8. The fraction of sp³-hybridized carbons (Fsp3) is 0.889. The Morgan fingerprint density at radius 1 is 1.58 bits per heavy atom. The van der Waals surface area contributed by atoms with E-state index in [2.05, 4.69) is 6.92 Å². The van der Waals surface area contributed by atoms with Crippen molar-refractivity contribution < 1.29 is 14.3 Å². The van der Waals surface area contributed by atoms with Gasteiger partial charge < -0.3 is 9.47 Å². The van der Waals surface area contributed by atoms with Gasteiger partial charge in [0.2, 0.25) is 0 Å².